The molecule has 120 valence electrons. The van der Waals surface area contributed by atoms with Gasteiger partial charge in [-0.25, -0.2) is 0 Å². The van der Waals surface area contributed by atoms with E-state index in [1.165, 1.54) is 23.1 Å². The SMILES string of the molecule is CC1CCc2ccccc2N1C(=O)c1ccccc1C(F)(F)F. The highest BCUT2D eigenvalue weighted by Gasteiger charge is 2.37. The zero-order valence-electron chi connectivity index (χ0n) is 12.6. The molecular formula is C18H16F3NO. The van der Waals surface area contributed by atoms with E-state index in [0.29, 0.717) is 5.69 Å². The van der Waals surface area contributed by atoms with Crippen LogP contribution in [0.5, 0.6) is 0 Å². The molecule has 0 N–H and O–H groups in total. The number of hydrogen-bond donors (Lipinski definition) is 0. The van der Waals surface area contributed by atoms with Crippen LogP contribution in [0.1, 0.15) is 34.8 Å². The molecule has 0 bridgehead atoms. The monoisotopic (exact) mass is 319 g/mol. The average molecular weight is 319 g/mol. The summed E-state index contributed by atoms with van der Waals surface area (Å²) in [5.41, 5.74) is 0.500. The second kappa shape index (κ2) is 5.72. The lowest BCUT2D eigenvalue weighted by molar-refractivity contribution is -0.137. The Bertz CT molecular complexity index is 739. The van der Waals surface area contributed by atoms with Crippen LogP contribution in [-0.2, 0) is 12.6 Å². The van der Waals surface area contributed by atoms with Crippen molar-refractivity contribution < 1.29 is 18.0 Å². The fourth-order valence-electron chi connectivity index (χ4n) is 3.04. The van der Waals surface area contributed by atoms with Gasteiger partial charge in [0.2, 0.25) is 0 Å². The molecule has 0 spiro atoms. The summed E-state index contributed by atoms with van der Waals surface area (Å²) >= 11 is 0. The number of aryl methyl sites for hydroxylation is 1. The molecule has 2 nitrogen and oxygen atoms in total. The zero-order chi connectivity index (χ0) is 16.6. The Morgan fingerprint density at radius 1 is 1.09 bits per heavy atom. The van der Waals surface area contributed by atoms with Crippen molar-refractivity contribution in [2.45, 2.75) is 32.0 Å². The highest BCUT2D eigenvalue weighted by molar-refractivity contribution is 6.08. The van der Waals surface area contributed by atoms with Gasteiger partial charge in [-0.15, -0.1) is 0 Å². The largest absolute Gasteiger partial charge is 0.417 e. The van der Waals surface area contributed by atoms with Gasteiger partial charge in [-0.2, -0.15) is 13.2 Å². The van der Waals surface area contributed by atoms with E-state index in [-0.39, 0.29) is 11.6 Å². The van der Waals surface area contributed by atoms with E-state index < -0.39 is 17.6 Å². The number of para-hydroxylation sites is 1. The quantitative estimate of drug-likeness (QED) is 0.747. The van der Waals surface area contributed by atoms with E-state index >= 15 is 0 Å². The number of amides is 1. The molecule has 1 amide bonds. The van der Waals surface area contributed by atoms with Crippen LogP contribution in [0.4, 0.5) is 18.9 Å². The molecule has 0 aliphatic carbocycles. The third-order valence-electron chi connectivity index (χ3n) is 4.21. The Labute approximate surface area is 132 Å². The van der Waals surface area contributed by atoms with E-state index in [0.717, 1.165) is 24.5 Å². The Morgan fingerprint density at radius 3 is 2.48 bits per heavy atom. The molecule has 5 heteroatoms. The maximum absolute atomic E-state index is 13.2. The van der Waals surface area contributed by atoms with Crippen molar-refractivity contribution in [2.75, 3.05) is 4.90 Å². The van der Waals surface area contributed by atoms with Crippen LogP contribution in [0.15, 0.2) is 48.5 Å². The van der Waals surface area contributed by atoms with Crippen molar-refractivity contribution in [3.63, 3.8) is 0 Å². The number of carbonyl (C=O) groups excluding carboxylic acids is 1. The van der Waals surface area contributed by atoms with E-state index in [9.17, 15) is 18.0 Å². The van der Waals surface area contributed by atoms with Gasteiger partial charge in [-0.1, -0.05) is 30.3 Å². The van der Waals surface area contributed by atoms with Gasteiger partial charge in [0.1, 0.15) is 0 Å². The molecule has 0 radical (unpaired) electrons. The summed E-state index contributed by atoms with van der Waals surface area (Å²) in [5, 5.41) is 0. The van der Waals surface area contributed by atoms with Gasteiger partial charge < -0.3 is 4.90 Å². The van der Waals surface area contributed by atoms with Gasteiger partial charge in [-0.05, 0) is 43.5 Å². The Morgan fingerprint density at radius 2 is 1.74 bits per heavy atom. The Hall–Kier alpha value is -2.30. The predicted molar refractivity (Wildman–Crippen MR) is 82.5 cm³/mol. The summed E-state index contributed by atoms with van der Waals surface area (Å²) in [6.45, 7) is 1.87. The van der Waals surface area contributed by atoms with Gasteiger partial charge >= 0.3 is 6.18 Å². The van der Waals surface area contributed by atoms with Crippen LogP contribution in [0.3, 0.4) is 0 Å². The number of anilines is 1. The molecule has 2 aromatic carbocycles. The molecule has 0 saturated carbocycles. The van der Waals surface area contributed by atoms with E-state index in [4.69, 9.17) is 0 Å². The minimum atomic E-state index is -4.55. The van der Waals surface area contributed by atoms with Crippen molar-refractivity contribution in [3.05, 3.63) is 65.2 Å². The smallest absolute Gasteiger partial charge is 0.305 e. The second-order valence-corrected chi connectivity index (χ2v) is 5.73. The third-order valence-corrected chi connectivity index (χ3v) is 4.21. The van der Waals surface area contributed by atoms with E-state index in [1.807, 2.05) is 19.1 Å². The molecule has 23 heavy (non-hydrogen) atoms. The first-order valence-electron chi connectivity index (χ1n) is 7.47. The molecule has 0 fully saturated rings. The maximum atomic E-state index is 13.2. The van der Waals surface area contributed by atoms with Crippen molar-refractivity contribution >= 4 is 11.6 Å². The van der Waals surface area contributed by atoms with Crippen LogP contribution >= 0.6 is 0 Å². The number of carbonyl (C=O) groups is 1. The second-order valence-electron chi connectivity index (χ2n) is 5.73. The lowest BCUT2D eigenvalue weighted by Gasteiger charge is -2.35. The summed E-state index contributed by atoms with van der Waals surface area (Å²) < 4.78 is 39.6. The summed E-state index contributed by atoms with van der Waals surface area (Å²) in [5.74, 6) is -0.599. The fraction of sp³-hybridized carbons (Fsp3) is 0.278. The van der Waals surface area contributed by atoms with Crippen LogP contribution in [0.2, 0.25) is 0 Å². The fourth-order valence-corrected chi connectivity index (χ4v) is 3.04. The predicted octanol–water partition coefficient (Wildman–Crippen LogP) is 4.69. The van der Waals surface area contributed by atoms with Crippen molar-refractivity contribution in [3.8, 4) is 0 Å². The number of alkyl halides is 3. The number of hydrogen-bond acceptors (Lipinski definition) is 1. The molecule has 1 atom stereocenters. The lowest BCUT2D eigenvalue weighted by Crippen LogP contribution is -2.42. The first kappa shape index (κ1) is 15.6. The minimum Gasteiger partial charge on any atom is -0.305 e. The Balaban J connectivity index is 2.08. The van der Waals surface area contributed by atoms with Crippen LogP contribution < -0.4 is 4.90 Å². The molecular weight excluding hydrogens is 303 g/mol. The summed E-state index contributed by atoms with van der Waals surface area (Å²) in [4.78, 5) is 14.4. The molecule has 3 rings (SSSR count). The van der Waals surface area contributed by atoms with E-state index in [1.54, 1.807) is 12.1 Å². The minimum absolute atomic E-state index is 0.140. The van der Waals surface area contributed by atoms with Crippen molar-refractivity contribution in [1.82, 2.24) is 0 Å². The van der Waals surface area contributed by atoms with Crippen molar-refractivity contribution in [2.24, 2.45) is 0 Å². The molecule has 1 heterocycles. The molecule has 0 aromatic heterocycles. The van der Waals surface area contributed by atoms with Crippen LogP contribution in [0.25, 0.3) is 0 Å². The lowest BCUT2D eigenvalue weighted by atomic mass is 9.95. The highest BCUT2D eigenvalue weighted by Crippen LogP contribution is 2.36. The normalized spacial score (nSPS) is 17.7. The first-order valence-corrected chi connectivity index (χ1v) is 7.47. The van der Waals surface area contributed by atoms with Crippen LogP contribution in [-0.4, -0.2) is 11.9 Å². The number of nitrogens with zero attached hydrogens (tertiary/aromatic N) is 1. The van der Waals surface area contributed by atoms with Gasteiger partial charge in [0.15, 0.2) is 0 Å². The topological polar surface area (TPSA) is 20.3 Å². The van der Waals surface area contributed by atoms with E-state index in [2.05, 4.69) is 0 Å². The third kappa shape index (κ3) is 2.83. The molecule has 1 unspecified atom stereocenters. The zero-order valence-corrected chi connectivity index (χ0v) is 12.6. The highest BCUT2D eigenvalue weighted by atomic mass is 19.4. The summed E-state index contributed by atoms with van der Waals surface area (Å²) in [6.07, 6.45) is -3.00. The van der Waals surface area contributed by atoms with Gasteiger partial charge in [0, 0.05) is 11.7 Å². The van der Waals surface area contributed by atoms with Crippen molar-refractivity contribution in [1.29, 1.82) is 0 Å². The average Bonchev–Trinajstić information content (AvgIpc) is 2.53. The first-order chi connectivity index (χ1) is 10.9. The van der Waals surface area contributed by atoms with Gasteiger partial charge in [0.25, 0.3) is 5.91 Å². The maximum Gasteiger partial charge on any atom is 0.417 e. The Kier molecular flexibility index (Phi) is 3.88. The van der Waals surface area contributed by atoms with Crippen LogP contribution in [0, 0.1) is 0 Å². The standard InChI is InChI=1S/C18H16F3NO/c1-12-10-11-13-6-2-5-9-16(13)22(12)17(23)14-7-3-4-8-15(14)18(19,20)21/h2-9,12H,10-11H2,1H3. The van der Waals surface area contributed by atoms with Gasteiger partial charge in [-0.3, -0.25) is 4.79 Å². The number of benzene rings is 2. The molecule has 1 aliphatic heterocycles. The number of fused-ring (bicyclic) bond motifs is 1. The van der Waals surface area contributed by atoms with Gasteiger partial charge in [0.05, 0.1) is 11.1 Å². The summed E-state index contributed by atoms with van der Waals surface area (Å²) in [6, 6.07) is 12.2. The molecule has 2 aromatic rings. The number of halogens is 3. The summed E-state index contributed by atoms with van der Waals surface area (Å²) in [7, 11) is 0. The molecule has 0 saturated heterocycles. The molecule has 1 aliphatic rings. The number of rotatable bonds is 1.